The van der Waals surface area contributed by atoms with Crippen molar-refractivity contribution in [1.82, 2.24) is 0 Å². The lowest BCUT2D eigenvalue weighted by molar-refractivity contribution is 0.0655. The molecule has 0 bridgehead atoms. The van der Waals surface area contributed by atoms with E-state index in [0.29, 0.717) is 77.2 Å². The van der Waals surface area contributed by atoms with E-state index in [-0.39, 0.29) is 0 Å². The number of allylic oxidation sites excluding steroid dienone is 3. The van der Waals surface area contributed by atoms with Crippen molar-refractivity contribution in [2.24, 2.45) is 17.8 Å². The predicted octanol–water partition coefficient (Wildman–Crippen LogP) is 9.50. The normalized spacial score (nSPS) is 11.6. The maximum absolute atomic E-state index is 5.83. The van der Waals surface area contributed by atoms with E-state index >= 15 is 0 Å². The number of rotatable bonds is 25. The summed E-state index contributed by atoms with van der Waals surface area (Å²) in [5.74, 6) is 1.57. The van der Waals surface area contributed by atoms with E-state index in [1.165, 1.54) is 17.8 Å². The Morgan fingerprint density at radius 2 is 0.759 bits per heavy atom. The van der Waals surface area contributed by atoms with E-state index in [1.54, 1.807) is 53.3 Å². The van der Waals surface area contributed by atoms with Gasteiger partial charge in [-0.3, -0.25) is 0 Å². The van der Waals surface area contributed by atoms with Crippen LogP contribution in [-0.4, -0.2) is 86.6 Å². The fourth-order valence-corrected chi connectivity index (χ4v) is 27.5. The first-order valence-electron chi connectivity index (χ1n) is 19.7. The first-order chi connectivity index (χ1) is 27.4. The summed E-state index contributed by atoms with van der Waals surface area (Å²) in [5, 5.41) is 0. The molecule has 0 radical (unpaired) electrons. The van der Waals surface area contributed by atoms with Crippen LogP contribution in [0, 0.1) is 17.8 Å². The molecule has 0 rings (SSSR count). The minimum absolute atomic E-state index is 0.372. The van der Waals surface area contributed by atoms with Crippen molar-refractivity contribution in [2.75, 3.05) is 59.5 Å². The Labute approximate surface area is 393 Å². The molecule has 0 spiro atoms. The third-order valence-corrected chi connectivity index (χ3v) is 31.1. The van der Waals surface area contributed by atoms with Gasteiger partial charge in [-0.05, 0) is 101 Å². The van der Waals surface area contributed by atoms with Gasteiger partial charge < -0.3 is 39.8 Å². The Hall–Kier alpha value is 1.71. The Balaban J connectivity index is -0.000000209. The monoisotopic (exact) mass is 1060 g/mol. The van der Waals surface area contributed by atoms with Gasteiger partial charge in [0.1, 0.15) is 0 Å². The van der Waals surface area contributed by atoms with Gasteiger partial charge in [-0.2, -0.15) is 0 Å². The molecule has 0 aromatic carbocycles. The van der Waals surface area contributed by atoms with E-state index in [9.17, 15) is 0 Å². The predicted molar refractivity (Wildman–Crippen MR) is 284 cm³/mol. The summed E-state index contributed by atoms with van der Waals surface area (Å²) >= 11 is 9.31. The molecule has 0 amide bonds. The van der Waals surface area contributed by atoms with Crippen LogP contribution < -0.4 is 0 Å². The van der Waals surface area contributed by atoms with Gasteiger partial charge in [0.25, 0.3) is 0 Å². The van der Waals surface area contributed by atoms with Crippen LogP contribution >= 0.6 is 0 Å². The number of hydrogen-bond donors (Lipinski definition) is 0. The maximum atomic E-state index is 5.83. The molecule has 0 aromatic rings. The summed E-state index contributed by atoms with van der Waals surface area (Å²) in [4.78, 5) is 0. The van der Waals surface area contributed by atoms with Crippen molar-refractivity contribution in [3.8, 4) is 0 Å². The average molecular weight is 1060 g/mol. The van der Waals surface area contributed by atoms with Crippen molar-refractivity contribution in [3.05, 3.63) is 36.5 Å². The summed E-state index contributed by atoms with van der Waals surface area (Å²) in [7, 11) is 6.05. The maximum Gasteiger partial charge on any atom is 0.501 e. The molecule has 350 valence electrons. The summed E-state index contributed by atoms with van der Waals surface area (Å²) in [6.07, 6.45) is 0. The van der Waals surface area contributed by atoms with Crippen LogP contribution in [0.25, 0.3) is 0 Å². The second-order valence-electron chi connectivity index (χ2n) is 12.1. The average Bonchev–Trinajstić information content (AvgIpc) is 3.15. The van der Waals surface area contributed by atoms with E-state index in [2.05, 4.69) is 69.8 Å². The lowest BCUT2D eigenvalue weighted by atomic mass is 10.0. The first kappa shape index (κ1) is 68.8. The fourth-order valence-electron chi connectivity index (χ4n) is 3.72. The lowest BCUT2D eigenvalue weighted by Crippen LogP contribution is -2.47. The van der Waals surface area contributed by atoms with Gasteiger partial charge in [-0.15, -0.1) is 0 Å². The zero-order valence-electron chi connectivity index (χ0n) is 38.5. The van der Waals surface area contributed by atoms with E-state index < -0.39 is 27.1 Å². The third kappa shape index (κ3) is 45.7. The molecule has 0 heterocycles. The third-order valence-electron chi connectivity index (χ3n) is 7.12. The molecule has 0 saturated heterocycles. The Kier molecular flexibility index (Phi) is 58.9. The molecule has 0 aliphatic carbocycles. The minimum Gasteiger partial charge on any atom is -0.376 e. The second kappa shape index (κ2) is 49.7. The molecule has 0 fully saturated rings. The molecule has 0 saturated carbocycles. The summed E-state index contributed by atoms with van der Waals surface area (Å²) in [6.45, 7) is 49.7. The van der Waals surface area contributed by atoms with Crippen molar-refractivity contribution in [2.45, 2.75) is 123 Å². The van der Waals surface area contributed by atoms with Crippen LogP contribution in [0.15, 0.2) is 36.5 Å². The molecule has 22 heteroatoms. The standard InChI is InChI=1S/C12H28O3Si.C12H26O3Si.C6H16O3Si.C6H10.S10/c2*1-7-13-16(14-8-2,15-9-3)10-12(6)11(4)5;1-4-7-10(8-5-2)9-6-3;1-5(2)6(3)4;1-3-5-7-9-10-8-6-4-2/h11-12H,7-10H2,1-6H3;12H,4,7-10H2,1-3,5-6H3;10H,4-6H2,1-3H3;1,3H2,2,4H3;. The van der Waals surface area contributed by atoms with Crippen LogP contribution in [0.5, 0.6) is 0 Å². The van der Waals surface area contributed by atoms with E-state index in [4.69, 9.17) is 39.8 Å². The quantitative estimate of drug-likeness (QED) is 0.0499. The molecule has 2 atom stereocenters. The van der Waals surface area contributed by atoms with Crippen LogP contribution in [-0.2, 0) is 133 Å². The molecule has 58 heavy (non-hydrogen) atoms. The lowest BCUT2D eigenvalue weighted by Gasteiger charge is -2.31. The van der Waals surface area contributed by atoms with Crippen LogP contribution in [0.4, 0.5) is 0 Å². The fraction of sp³-hybridized carbons (Fsp3) is 0.833. The SMILES string of the molecule is C=C(C)C(=C)C.C=C(C)C(C)C[Si](OCC)(OCC)OCC.CCO[SiH](OCC)OCC.CCO[Si](CC(C)C(C)C)(OCC)OCC.S=S=S=S=S=S=S=S=S=S. The molecular weight excluding hydrogens is 981 g/mol. The highest BCUT2D eigenvalue weighted by Gasteiger charge is 2.43. The molecule has 2 unspecified atom stereocenters. The van der Waals surface area contributed by atoms with Gasteiger partial charge in [-0.25, -0.2) is 0 Å². The van der Waals surface area contributed by atoms with Gasteiger partial charge in [0.15, 0.2) is 0 Å². The van der Waals surface area contributed by atoms with E-state index in [0.717, 1.165) is 28.8 Å². The van der Waals surface area contributed by atoms with Crippen LogP contribution in [0.2, 0.25) is 12.1 Å². The smallest absolute Gasteiger partial charge is 0.376 e. The summed E-state index contributed by atoms with van der Waals surface area (Å²) in [6, 6.07) is 1.73. The van der Waals surface area contributed by atoms with Crippen molar-refractivity contribution in [1.29, 1.82) is 0 Å². The Bertz CT molecular complexity index is 1280. The molecule has 0 N–H and O–H groups in total. The van der Waals surface area contributed by atoms with E-state index in [1.807, 2.05) is 83.1 Å². The zero-order chi connectivity index (χ0) is 45.8. The van der Waals surface area contributed by atoms with Gasteiger partial charge in [0.2, 0.25) is 0 Å². The molecule has 0 aliphatic heterocycles. The number of hydrogen-bond acceptors (Lipinski definition) is 11. The summed E-state index contributed by atoms with van der Waals surface area (Å²) in [5.41, 5.74) is 3.28. The van der Waals surface area contributed by atoms with Crippen molar-refractivity contribution < 1.29 is 39.8 Å². The summed E-state index contributed by atoms with van der Waals surface area (Å²) < 4.78 is 50.5. The van der Waals surface area contributed by atoms with Crippen LogP contribution in [0.1, 0.15) is 111 Å². The van der Waals surface area contributed by atoms with Crippen molar-refractivity contribution in [3.63, 3.8) is 0 Å². The molecule has 0 aromatic heterocycles. The highest BCUT2D eigenvalue weighted by atomic mass is 33.4. The Morgan fingerprint density at radius 1 is 0.483 bits per heavy atom. The van der Waals surface area contributed by atoms with Gasteiger partial charge in [0.05, 0.1) is 0 Å². The second-order valence-corrected chi connectivity index (χ2v) is 33.1. The largest absolute Gasteiger partial charge is 0.501 e. The molecule has 0 aliphatic rings. The van der Waals surface area contributed by atoms with Gasteiger partial charge in [-0.1, -0.05) is 64.2 Å². The first-order valence-corrected chi connectivity index (χ1v) is 36.9. The van der Waals surface area contributed by atoms with Gasteiger partial charge in [0, 0.05) is 165 Å². The molecule has 9 nitrogen and oxygen atoms in total. The Morgan fingerprint density at radius 3 is 0.966 bits per heavy atom. The van der Waals surface area contributed by atoms with Gasteiger partial charge >= 0.3 is 27.1 Å². The highest BCUT2D eigenvalue weighted by molar-refractivity contribution is 8.73. The van der Waals surface area contributed by atoms with Crippen LogP contribution in [0.3, 0.4) is 0 Å². The highest BCUT2D eigenvalue weighted by Crippen LogP contribution is 2.27. The molecular formula is C36H80O9S10Si3. The zero-order valence-corrected chi connectivity index (χ0v) is 49.8. The topological polar surface area (TPSA) is 83.1 Å². The minimum atomic E-state index is -2.48. The van der Waals surface area contributed by atoms with Crippen molar-refractivity contribution >= 4 is 121 Å².